The number of nitrogens with zero attached hydrogens (tertiary/aromatic N) is 3. The molecule has 1 N–H and O–H groups in total. The molecule has 1 aromatic heterocycles. The first-order valence-corrected chi connectivity index (χ1v) is 17.0. The third-order valence-electron chi connectivity index (χ3n) is 7.24. The summed E-state index contributed by atoms with van der Waals surface area (Å²) in [5, 5.41) is 3.59. The van der Waals surface area contributed by atoms with Gasteiger partial charge in [0.2, 0.25) is 10.0 Å². The van der Waals surface area contributed by atoms with Gasteiger partial charge in [-0.2, -0.15) is 4.31 Å². The molecule has 0 fully saturated rings. The highest BCUT2D eigenvalue weighted by atomic mass is 32.2. The van der Waals surface area contributed by atoms with Crippen LogP contribution in [0, 0.1) is 0 Å². The molecule has 0 saturated heterocycles. The van der Waals surface area contributed by atoms with Gasteiger partial charge in [-0.3, -0.25) is 9.59 Å². The number of benzene rings is 1. The Bertz CT molecular complexity index is 1230. The molecular formula is C30H46N4O4S2. The lowest BCUT2D eigenvalue weighted by Gasteiger charge is -2.25. The fourth-order valence-corrected chi connectivity index (χ4v) is 7.81. The average molecular weight is 591 g/mol. The van der Waals surface area contributed by atoms with Crippen LogP contribution in [-0.2, 0) is 23.0 Å². The van der Waals surface area contributed by atoms with Crippen LogP contribution in [0.5, 0.6) is 0 Å². The molecule has 0 saturated carbocycles. The van der Waals surface area contributed by atoms with Gasteiger partial charge in [0.1, 0.15) is 5.00 Å². The van der Waals surface area contributed by atoms with E-state index in [2.05, 4.69) is 31.1 Å². The Hall–Kier alpha value is -2.27. The van der Waals surface area contributed by atoms with Crippen molar-refractivity contribution in [2.75, 3.05) is 45.1 Å². The van der Waals surface area contributed by atoms with E-state index in [0.29, 0.717) is 42.3 Å². The lowest BCUT2D eigenvalue weighted by molar-refractivity contribution is 0.0755. The highest BCUT2D eigenvalue weighted by Crippen LogP contribution is 2.38. The van der Waals surface area contributed by atoms with E-state index in [0.717, 1.165) is 68.5 Å². The summed E-state index contributed by atoms with van der Waals surface area (Å²) in [7, 11) is -1.58. The Labute approximate surface area is 244 Å². The summed E-state index contributed by atoms with van der Waals surface area (Å²) < 4.78 is 28.2. The molecule has 2 amide bonds. The number of hydrogen-bond donors (Lipinski definition) is 1. The minimum absolute atomic E-state index is 0.0262. The van der Waals surface area contributed by atoms with Crippen molar-refractivity contribution in [3.05, 3.63) is 45.8 Å². The molecule has 222 valence electrons. The summed E-state index contributed by atoms with van der Waals surface area (Å²) in [4.78, 5) is 32.5. The molecule has 10 heteroatoms. The number of fused-ring (bicyclic) bond motifs is 1. The topological polar surface area (TPSA) is 90.0 Å². The summed E-state index contributed by atoms with van der Waals surface area (Å²) in [6, 6.07) is 6.15. The molecule has 1 aliphatic heterocycles. The number of anilines is 1. The maximum absolute atomic E-state index is 13.7. The van der Waals surface area contributed by atoms with Crippen LogP contribution >= 0.6 is 11.3 Å². The molecular weight excluding hydrogens is 544 g/mol. The quantitative estimate of drug-likeness (QED) is 0.281. The number of hydrogen-bond acceptors (Lipinski definition) is 6. The average Bonchev–Trinajstić information content (AvgIpc) is 3.29. The first-order valence-electron chi connectivity index (χ1n) is 14.7. The van der Waals surface area contributed by atoms with E-state index < -0.39 is 10.0 Å². The Balaban J connectivity index is 1.87. The van der Waals surface area contributed by atoms with Gasteiger partial charge in [-0.15, -0.1) is 11.3 Å². The third kappa shape index (κ3) is 7.72. The third-order valence-corrected chi connectivity index (χ3v) is 10.3. The minimum Gasteiger partial charge on any atom is -0.339 e. The number of thiophene rings is 1. The Morgan fingerprint density at radius 3 is 2.08 bits per heavy atom. The van der Waals surface area contributed by atoms with Crippen LogP contribution in [0.3, 0.4) is 0 Å². The molecule has 0 bridgehead atoms. The zero-order valence-corrected chi connectivity index (χ0v) is 26.4. The van der Waals surface area contributed by atoms with E-state index in [9.17, 15) is 18.0 Å². The molecule has 0 atom stereocenters. The molecule has 0 spiro atoms. The van der Waals surface area contributed by atoms with Crippen molar-refractivity contribution < 1.29 is 18.0 Å². The predicted molar refractivity (Wildman–Crippen MR) is 164 cm³/mol. The van der Waals surface area contributed by atoms with Crippen molar-refractivity contribution in [1.82, 2.24) is 14.1 Å². The molecule has 2 aromatic rings. The molecule has 8 nitrogen and oxygen atoms in total. The second-order valence-corrected chi connectivity index (χ2v) is 13.6. The van der Waals surface area contributed by atoms with Crippen molar-refractivity contribution in [3.63, 3.8) is 0 Å². The van der Waals surface area contributed by atoms with Gasteiger partial charge >= 0.3 is 0 Å². The molecule has 40 heavy (non-hydrogen) atoms. The fourth-order valence-electron chi connectivity index (χ4n) is 4.98. The first-order chi connectivity index (χ1) is 19.2. The molecule has 1 aliphatic rings. The predicted octanol–water partition coefficient (Wildman–Crippen LogP) is 5.84. The first kappa shape index (κ1) is 32.2. The van der Waals surface area contributed by atoms with E-state index in [4.69, 9.17) is 0 Å². The number of amides is 2. The number of sulfonamides is 1. The summed E-state index contributed by atoms with van der Waals surface area (Å²) in [6.07, 6.45) is 5.94. The molecule has 0 radical (unpaired) electrons. The van der Waals surface area contributed by atoms with Gasteiger partial charge in [0.25, 0.3) is 11.8 Å². The second kappa shape index (κ2) is 15.1. The molecule has 3 rings (SSSR count). The lowest BCUT2D eigenvalue weighted by Crippen LogP contribution is -2.34. The van der Waals surface area contributed by atoms with Gasteiger partial charge in [0.15, 0.2) is 0 Å². The molecule has 0 unspecified atom stereocenters. The van der Waals surface area contributed by atoms with Crippen molar-refractivity contribution in [1.29, 1.82) is 0 Å². The van der Waals surface area contributed by atoms with E-state index in [1.54, 1.807) is 16.4 Å². The van der Waals surface area contributed by atoms with Gasteiger partial charge in [-0.05, 0) is 69.0 Å². The van der Waals surface area contributed by atoms with Gasteiger partial charge in [-0.25, -0.2) is 8.42 Å². The molecule has 0 aliphatic carbocycles. The second-order valence-electron chi connectivity index (χ2n) is 10.6. The number of carbonyl (C=O) groups is 2. The smallest absolute Gasteiger partial charge is 0.257 e. The monoisotopic (exact) mass is 590 g/mol. The molecule has 2 heterocycles. The van der Waals surface area contributed by atoms with Crippen molar-refractivity contribution in [2.45, 2.75) is 84.1 Å². The van der Waals surface area contributed by atoms with Crippen LogP contribution < -0.4 is 5.32 Å². The molecule has 1 aromatic carbocycles. The van der Waals surface area contributed by atoms with Crippen molar-refractivity contribution in [3.8, 4) is 0 Å². The van der Waals surface area contributed by atoms with Crippen LogP contribution in [-0.4, -0.2) is 74.1 Å². The van der Waals surface area contributed by atoms with E-state index in [1.165, 1.54) is 23.5 Å². The largest absolute Gasteiger partial charge is 0.339 e. The zero-order chi connectivity index (χ0) is 29.3. The van der Waals surface area contributed by atoms with E-state index in [1.807, 2.05) is 18.7 Å². The summed E-state index contributed by atoms with van der Waals surface area (Å²) >= 11 is 1.47. The highest BCUT2D eigenvalue weighted by molar-refractivity contribution is 7.89. The maximum atomic E-state index is 13.7. The number of likely N-dealkylation sites (N-methyl/N-ethyl adjacent to an activating group) is 1. The fraction of sp³-hybridized carbons (Fsp3) is 0.600. The highest BCUT2D eigenvalue weighted by Gasteiger charge is 2.30. The van der Waals surface area contributed by atoms with Crippen molar-refractivity contribution in [2.24, 2.45) is 0 Å². The van der Waals surface area contributed by atoms with Gasteiger partial charge < -0.3 is 15.1 Å². The number of unbranched alkanes of at least 4 members (excludes halogenated alkanes) is 2. The summed E-state index contributed by atoms with van der Waals surface area (Å²) in [5.41, 5.74) is 2.01. The van der Waals surface area contributed by atoms with Gasteiger partial charge in [0, 0.05) is 49.7 Å². The number of carbonyl (C=O) groups excluding carboxylic acids is 2. The van der Waals surface area contributed by atoms with Crippen LogP contribution in [0.4, 0.5) is 5.00 Å². The minimum atomic E-state index is -3.64. The SMILES string of the molecule is CCCCN(CCCC)S(=O)(=O)c1ccc(C(=O)Nc2sc3c(c2C(=O)N(CCC)CCC)CCN(C)C3)cc1. The van der Waals surface area contributed by atoms with Gasteiger partial charge in [-0.1, -0.05) is 40.5 Å². The maximum Gasteiger partial charge on any atom is 0.257 e. The van der Waals surface area contributed by atoms with Crippen LogP contribution in [0.15, 0.2) is 29.2 Å². The summed E-state index contributed by atoms with van der Waals surface area (Å²) in [5.74, 6) is -0.377. The van der Waals surface area contributed by atoms with E-state index in [-0.39, 0.29) is 16.7 Å². The van der Waals surface area contributed by atoms with Crippen LogP contribution in [0.25, 0.3) is 0 Å². The standard InChI is InChI=1S/C30H46N4O4S2/c1-6-10-19-34(20-11-7-2)40(37,38)24-14-12-23(13-15-24)28(35)31-29-27(30(36)33(17-8-3)18-9-4)25-16-21-32(5)22-26(25)39-29/h12-15H,6-11,16-22H2,1-5H3,(H,31,35). The summed E-state index contributed by atoms with van der Waals surface area (Å²) in [6.45, 7) is 12.2. The lowest BCUT2D eigenvalue weighted by atomic mass is 10.0. The Morgan fingerprint density at radius 2 is 1.52 bits per heavy atom. The van der Waals surface area contributed by atoms with Crippen molar-refractivity contribution >= 4 is 38.2 Å². The Morgan fingerprint density at radius 1 is 0.925 bits per heavy atom. The Kier molecular flexibility index (Phi) is 12.2. The van der Waals surface area contributed by atoms with Crippen LogP contribution in [0.2, 0.25) is 0 Å². The number of rotatable bonds is 15. The van der Waals surface area contributed by atoms with Crippen LogP contribution in [0.1, 0.15) is 97.4 Å². The number of nitrogens with one attached hydrogen (secondary N) is 1. The van der Waals surface area contributed by atoms with Gasteiger partial charge in [0.05, 0.1) is 10.5 Å². The normalized spacial score (nSPS) is 13.8. The zero-order valence-electron chi connectivity index (χ0n) is 24.8. The van der Waals surface area contributed by atoms with E-state index >= 15 is 0 Å².